The molecule has 1 spiro atoms. The predicted octanol–water partition coefficient (Wildman–Crippen LogP) is 8.65. The Bertz CT molecular complexity index is 1430. The standard InChI is InChI=1S/C42H62O5/c1-7-11-31-40-17-16-30-37(4)21-20-35(2)18-19-36(3,34(44)45)25-32(35)38(37,5)23-28-14-15-29(41(40,26-43)39(28,30)6)24-42(31,46)47-33(40)22-27-12-9-8-10-13-27/h8-10,12-13,28-33,43,46H,7,11,14-26H2,1-6H3,(H,44,45). The van der Waals surface area contributed by atoms with E-state index in [0.29, 0.717) is 24.2 Å². The average molecular weight is 647 g/mol. The van der Waals surface area contributed by atoms with Crippen molar-refractivity contribution in [3.8, 4) is 0 Å². The first kappa shape index (κ1) is 32.8. The Morgan fingerprint density at radius 1 is 0.851 bits per heavy atom. The summed E-state index contributed by atoms with van der Waals surface area (Å²) in [6.07, 6.45) is 13.6. The number of hydrogen-bond acceptors (Lipinski definition) is 4. The molecule has 47 heavy (non-hydrogen) atoms. The number of carboxylic acid groups (broad SMARTS) is 1. The van der Waals surface area contributed by atoms with Crippen LogP contribution in [0.5, 0.6) is 0 Å². The molecular weight excluding hydrogens is 584 g/mol. The van der Waals surface area contributed by atoms with E-state index in [0.717, 1.165) is 70.6 Å². The van der Waals surface area contributed by atoms with E-state index in [2.05, 4.69) is 65.0 Å². The summed E-state index contributed by atoms with van der Waals surface area (Å²) in [6.45, 7) is 14.8. The normalized spacial score (nSPS) is 55.8. The molecule has 7 fully saturated rings. The lowest BCUT2D eigenvalue weighted by Gasteiger charge is -2.82. The minimum atomic E-state index is -1.13. The van der Waals surface area contributed by atoms with E-state index in [1.54, 1.807) is 0 Å². The Labute approximate surface area is 283 Å². The third kappa shape index (κ3) is 3.66. The molecule has 7 aliphatic rings. The van der Waals surface area contributed by atoms with Crippen LogP contribution in [0.3, 0.4) is 0 Å². The maximum absolute atomic E-state index is 12.7. The van der Waals surface area contributed by atoms with Crippen molar-refractivity contribution in [1.82, 2.24) is 0 Å². The number of benzene rings is 1. The van der Waals surface area contributed by atoms with Gasteiger partial charge >= 0.3 is 5.97 Å². The Balaban J connectivity index is 1.29. The molecule has 5 heteroatoms. The third-order valence-corrected chi connectivity index (χ3v) is 18.5. The molecule has 1 saturated heterocycles. The highest BCUT2D eigenvalue weighted by molar-refractivity contribution is 5.74. The summed E-state index contributed by atoms with van der Waals surface area (Å²) in [6, 6.07) is 10.7. The second-order valence-corrected chi connectivity index (χ2v) is 19.5. The Hall–Kier alpha value is -1.43. The largest absolute Gasteiger partial charge is 0.481 e. The van der Waals surface area contributed by atoms with Gasteiger partial charge in [0.05, 0.1) is 18.1 Å². The van der Waals surface area contributed by atoms with E-state index >= 15 is 0 Å². The van der Waals surface area contributed by atoms with Gasteiger partial charge in [0.2, 0.25) is 0 Å². The van der Waals surface area contributed by atoms with Gasteiger partial charge in [0.25, 0.3) is 0 Å². The van der Waals surface area contributed by atoms with E-state index in [1.165, 1.54) is 18.4 Å². The summed E-state index contributed by atoms with van der Waals surface area (Å²) in [7, 11) is 0. The monoisotopic (exact) mass is 646 g/mol. The van der Waals surface area contributed by atoms with Crippen LogP contribution in [0.15, 0.2) is 30.3 Å². The van der Waals surface area contributed by atoms with Crippen molar-refractivity contribution in [3.63, 3.8) is 0 Å². The van der Waals surface area contributed by atoms with Crippen molar-refractivity contribution >= 4 is 5.97 Å². The van der Waals surface area contributed by atoms with E-state index < -0.39 is 17.2 Å². The third-order valence-electron chi connectivity index (χ3n) is 18.5. The zero-order valence-corrected chi connectivity index (χ0v) is 30.1. The molecule has 5 nitrogen and oxygen atoms in total. The second kappa shape index (κ2) is 10.1. The van der Waals surface area contributed by atoms with Gasteiger partial charge in [-0.05, 0) is 135 Å². The molecule has 3 N–H and O–H groups in total. The fraction of sp³-hybridized carbons (Fsp3) is 0.833. The molecule has 0 radical (unpaired) electrons. The fourth-order valence-electron chi connectivity index (χ4n) is 16.2. The molecule has 8 rings (SSSR count). The lowest BCUT2D eigenvalue weighted by molar-refractivity contribution is -0.357. The van der Waals surface area contributed by atoms with Gasteiger partial charge in [-0.1, -0.05) is 71.4 Å². The van der Waals surface area contributed by atoms with Gasteiger partial charge in [-0.2, -0.15) is 0 Å². The minimum absolute atomic E-state index is 0.0269. The molecule has 2 bridgehead atoms. The molecular formula is C42H62O5. The molecule has 14 unspecified atom stereocenters. The van der Waals surface area contributed by atoms with E-state index in [1.807, 2.05) is 6.92 Å². The van der Waals surface area contributed by atoms with Crippen LogP contribution in [0.2, 0.25) is 0 Å². The lowest BCUT2D eigenvalue weighted by atomic mass is 9.22. The van der Waals surface area contributed by atoms with Crippen molar-refractivity contribution < 1.29 is 24.9 Å². The van der Waals surface area contributed by atoms with Crippen LogP contribution in [-0.2, 0) is 16.0 Å². The van der Waals surface area contributed by atoms with Gasteiger partial charge in [0, 0.05) is 23.2 Å². The highest BCUT2D eigenvalue weighted by Gasteiger charge is 2.85. The molecule has 0 amide bonds. The van der Waals surface area contributed by atoms with Gasteiger partial charge in [-0.15, -0.1) is 0 Å². The molecule has 1 aliphatic heterocycles. The number of rotatable bonds is 6. The number of carbonyl (C=O) groups is 1. The number of carboxylic acids is 1. The predicted molar refractivity (Wildman–Crippen MR) is 183 cm³/mol. The lowest BCUT2D eigenvalue weighted by Crippen LogP contribution is -2.79. The zero-order valence-electron chi connectivity index (χ0n) is 30.1. The number of hydrogen-bond donors (Lipinski definition) is 3. The molecule has 1 aromatic rings. The highest BCUT2D eigenvalue weighted by Crippen LogP contribution is 2.87. The quantitative estimate of drug-likeness (QED) is 0.288. The topological polar surface area (TPSA) is 87.0 Å². The first-order valence-electron chi connectivity index (χ1n) is 19.4. The van der Waals surface area contributed by atoms with Gasteiger partial charge in [0.1, 0.15) is 0 Å². The van der Waals surface area contributed by atoms with Crippen LogP contribution in [0.4, 0.5) is 0 Å². The van der Waals surface area contributed by atoms with Crippen molar-refractivity contribution in [1.29, 1.82) is 0 Å². The molecule has 1 aromatic carbocycles. The molecule has 0 aromatic heterocycles. The van der Waals surface area contributed by atoms with Crippen LogP contribution in [0.25, 0.3) is 0 Å². The number of fused-ring (bicyclic) bond motifs is 5. The van der Waals surface area contributed by atoms with E-state index in [4.69, 9.17) is 4.74 Å². The second-order valence-electron chi connectivity index (χ2n) is 19.5. The van der Waals surface area contributed by atoms with Crippen molar-refractivity contribution in [2.45, 2.75) is 143 Å². The van der Waals surface area contributed by atoms with E-state index in [9.17, 15) is 20.1 Å². The van der Waals surface area contributed by atoms with Gasteiger partial charge in [-0.3, -0.25) is 4.79 Å². The fourth-order valence-corrected chi connectivity index (χ4v) is 16.2. The van der Waals surface area contributed by atoms with Gasteiger partial charge in [-0.25, -0.2) is 0 Å². The summed E-state index contributed by atoms with van der Waals surface area (Å²) in [5.74, 6) is -0.167. The summed E-state index contributed by atoms with van der Waals surface area (Å²) in [5, 5.41) is 35.3. The van der Waals surface area contributed by atoms with Crippen molar-refractivity contribution in [2.24, 2.45) is 67.5 Å². The molecule has 6 saturated carbocycles. The number of aliphatic hydroxyl groups excluding tert-OH is 1. The van der Waals surface area contributed by atoms with Crippen LogP contribution < -0.4 is 0 Å². The highest BCUT2D eigenvalue weighted by atomic mass is 16.6. The summed E-state index contributed by atoms with van der Waals surface area (Å²) in [4.78, 5) is 12.7. The molecule has 1 heterocycles. The number of ether oxygens (including phenoxy) is 1. The molecule has 260 valence electrons. The van der Waals surface area contributed by atoms with Gasteiger partial charge < -0.3 is 20.1 Å². The first-order valence-corrected chi connectivity index (χ1v) is 19.4. The van der Waals surface area contributed by atoms with Crippen molar-refractivity contribution in [3.05, 3.63) is 35.9 Å². The molecule has 14 atom stereocenters. The minimum Gasteiger partial charge on any atom is -0.481 e. The number of aliphatic hydroxyl groups is 2. The smallest absolute Gasteiger partial charge is 0.309 e. The summed E-state index contributed by atoms with van der Waals surface area (Å²) in [5.41, 5.74) is 0.228. The summed E-state index contributed by atoms with van der Waals surface area (Å²) < 4.78 is 7.07. The Morgan fingerprint density at radius 2 is 1.55 bits per heavy atom. The Kier molecular flexibility index (Phi) is 7.03. The van der Waals surface area contributed by atoms with E-state index in [-0.39, 0.29) is 57.0 Å². The van der Waals surface area contributed by atoms with Crippen LogP contribution in [0, 0.1) is 67.5 Å². The number of aliphatic carboxylic acids is 1. The van der Waals surface area contributed by atoms with Crippen molar-refractivity contribution in [2.75, 3.05) is 6.61 Å². The SMILES string of the molecule is CCCC1C2(O)CC3CCC4CC5(C)C6CC(C)(C(=O)O)CCC6(C)CCC5(C)C5CCC1(C(Cc1ccccc1)O2)C3(CO)C45C. The Morgan fingerprint density at radius 3 is 2.23 bits per heavy atom. The average Bonchev–Trinajstić information content (AvgIpc) is 3.19. The van der Waals surface area contributed by atoms with Gasteiger partial charge in [0.15, 0.2) is 5.79 Å². The maximum Gasteiger partial charge on any atom is 0.309 e. The van der Waals surface area contributed by atoms with Crippen LogP contribution in [-0.4, -0.2) is 39.8 Å². The zero-order chi connectivity index (χ0) is 33.5. The van der Waals surface area contributed by atoms with Crippen LogP contribution >= 0.6 is 0 Å². The first-order chi connectivity index (χ1) is 22.1. The molecule has 6 aliphatic carbocycles. The van der Waals surface area contributed by atoms with Crippen LogP contribution in [0.1, 0.15) is 131 Å². The summed E-state index contributed by atoms with van der Waals surface area (Å²) >= 11 is 0. The maximum atomic E-state index is 12.7.